The van der Waals surface area contributed by atoms with Gasteiger partial charge in [0.25, 0.3) is 0 Å². The van der Waals surface area contributed by atoms with E-state index in [0.29, 0.717) is 0 Å². The van der Waals surface area contributed by atoms with E-state index in [9.17, 15) is 0 Å². The quantitative estimate of drug-likeness (QED) is 0.870. The van der Waals surface area contributed by atoms with Gasteiger partial charge in [-0.3, -0.25) is 0 Å². The molecule has 0 aliphatic heterocycles. The molecule has 2 unspecified atom stereocenters. The van der Waals surface area contributed by atoms with Crippen molar-refractivity contribution < 1.29 is 4.74 Å². The van der Waals surface area contributed by atoms with Crippen LogP contribution in [-0.2, 0) is 11.2 Å². The first-order valence-electron chi connectivity index (χ1n) is 7.47. The van der Waals surface area contributed by atoms with Gasteiger partial charge in [-0.1, -0.05) is 48.5 Å². The van der Waals surface area contributed by atoms with Gasteiger partial charge in [0.05, 0.1) is 6.10 Å². The molecule has 112 valence electrons. The number of hydrogen-bond donors (Lipinski definition) is 1. The van der Waals surface area contributed by atoms with E-state index in [1.807, 2.05) is 13.1 Å². The average molecular weight is 283 g/mol. The number of nitrogens with one attached hydrogen (secondary N) is 1. The molecule has 2 atom stereocenters. The Morgan fingerprint density at radius 2 is 1.57 bits per heavy atom. The molecule has 2 rings (SSSR count). The van der Waals surface area contributed by atoms with Gasteiger partial charge in [-0.25, -0.2) is 0 Å². The fraction of sp³-hybridized carbons (Fsp3) is 0.368. The number of rotatable bonds is 6. The van der Waals surface area contributed by atoms with Crippen molar-refractivity contribution >= 4 is 0 Å². The Kier molecular flexibility index (Phi) is 5.54. The van der Waals surface area contributed by atoms with Crippen molar-refractivity contribution in [2.45, 2.75) is 32.4 Å². The zero-order valence-electron chi connectivity index (χ0n) is 13.4. The molecule has 0 spiro atoms. The Bertz CT molecular complexity index is 545. The molecule has 0 aliphatic rings. The van der Waals surface area contributed by atoms with Crippen LogP contribution in [0.1, 0.15) is 28.4 Å². The van der Waals surface area contributed by atoms with Crippen LogP contribution in [-0.4, -0.2) is 20.2 Å². The van der Waals surface area contributed by atoms with Gasteiger partial charge in [-0.2, -0.15) is 0 Å². The predicted molar refractivity (Wildman–Crippen MR) is 88.7 cm³/mol. The molecular weight excluding hydrogens is 258 g/mol. The minimum Gasteiger partial charge on any atom is -0.375 e. The Morgan fingerprint density at radius 3 is 2.10 bits per heavy atom. The summed E-state index contributed by atoms with van der Waals surface area (Å²) in [5.74, 6) is 0. The van der Waals surface area contributed by atoms with E-state index in [-0.39, 0.29) is 12.1 Å². The highest BCUT2D eigenvalue weighted by molar-refractivity contribution is 5.34. The Labute approximate surface area is 128 Å². The second-order valence-electron chi connectivity index (χ2n) is 5.54. The van der Waals surface area contributed by atoms with E-state index in [1.165, 1.54) is 22.3 Å². The molecular formula is C19H25NO. The molecule has 2 heteroatoms. The summed E-state index contributed by atoms with van der Waals surface area (Å²) in [5.41, 5.74) is 5.32. The number of hydrogen-bond acceptors (Lipinski definition) is 2. The van der Waals surface area contributed by atoms with E-state index < -0.39 is 0 Å². The summed E-state index contributed by atoms with van der Waals surface area (Å²) in [4.78, 5) is 0. The average Bonchev–Trinajstić information content (AvgIpc) is 2.51. The first kappa shape index (κ1) is 15.7. The van der Waals surface area contributed by atoms with Gasteiger partial charge in [0.15, 0.2) is 0 Å². The van der Waals surface area contributed by atoms with Gasteiger partial charge < -0.3 is 10.1 Å². The van der Waals surface area contributed by atoms with Gasteiger partial charge in [0, 0.05) is 13.2 Å². The summed E-state index contributed by atoms with van der Waals surface area (Å²) < 4.78 is 5.78. The van der Waals surface area contributed by atoms with Crippen LogP contribution in [0.3, 0.4) is 0 Å². The fourth-order valence-electron chi connectivity index (χ4n) is 2.93. The molecule has 0 bridgehead atoms. The molecule has 0 heterocycles. The van der Waals surface area contributed by atoms with Crippen LogP contribution in [0.4, 0.5) is 0 Å². The summed E-state index contributed by atoms with van der Waals surface area (Å²) in [6, 6.07) is 17.1. The maximum absolute atomic E-state index is 5.78. The normalized spacial score (nSPS) is 13.9. The summed E-state index contributed by atoms with van der Waals surface area (Å²) >= 11 is 0. The largest absolute Gasteiger partial charge is 0.375 e. The minimum atomic E-state index is 0.0511. The van der Waals surface area contributed by atoms with Gasteiger partial charge in [0.1, 0.15) is 0 Å². The van der Waals surface area contributed by atoms with Crippen molar-refractivity contribution in [2.24, 2.45) is 0 Å². The van der Waals surface area contributed by atoms with Crippen LogP contribution in [0.2, 0.25) is 0 Å². The molecule has 0 saturated carbocycles. The summed E-state index contributed by atoms with van der Waals surface area (Å²) in [5, 5.41) is 3.43. The minimum absolute atomic E-state index is 0.0511. The Hall–Kier alpha value is -1.64. The lowest BCUT2D eigenvalue weighted by Gasteiger charge is -2.27. The Morgan fingerprint density at radius 1 is 0.952 bits per heavy atom. The SMILES string of the molecule is CNC(Cc1c(C)cccc1C)C(OC)c1ccccc1. The number of ether oxygens (including phenoxy) is 1. The van der Waals surface area contributed by atoms with Crippen molar-refractivity contribution in [1.82, 2.24) is 5.32 Å². The number of methoxy groups -OCH3 is 1. The van der Waals surface area contributed by atoms with Gasteiger partial charge in [-0.15, -0.1) is 0 Å². The summed E-state index contributed by atoms with van der Waals surface area (Å²) in [6.07, 6.45) is 1.01. The topological polar surface area (TPSA) is 21.3 Å². The smallest absolute Gasteiger partial charge is 0.0977 e. The van der Waals surface area contributed by atoms with E-state index in [0.717, 1.165) is 6.42 Å². The third kappa shape index (κ3) is 3.72. The third-order valence-electron chi connectivity index (χ3n) is 4.19. The standard InChI is InChI=1S/C19H25NO/c1-14-9-8-10-15(2)17(14)13-18(20-3)19(21-4)16-11-6-5-7-12-16/h5-12,18-20H,13H2,1-4H3. The zero-order valence-corrected chi connectivity index (χ0v) is 13.4. The maximum atomic E-state index is 5.78. The summed E-state index contributed by atoms with van der Waals surface area (Å²) in [6.45, 7) is 4.36. The van der Waals surface area contributed by atoms with Crippen LogP contribution in [0.25, 0.3) is 0 Å². The van der Waals surface area contributed by atoms with Crippen molar-refractivity contribution in [2.75, 3.05) is 14.2 Å². The molecule has 0 saturated heterocycles. The first-order valence-corrected chi connectivity index (χ1v) is 7.47. The first-order chi connectivity index (χ1) is 10.2. The fourth-order valence-corrected chi connectivity index (χ4v) is 2.93. The molecule has 2 aromatic carbocycles. The van der Waals surface area contributed by atoms with Crippen LogP contribution in [0, 0.1) is 13.8 Å². The second-order valence-corrected chi connectivity index (χ2v) is 5.54. The lowest BCUT2D eigenvalue weighted by molar-refractivity contribution is 0.0703. The monoisotopic (exact) mass is 283 g/mol. The summed E-state index contributed by atoms with van der Waals surface area (Å²) in [7, 11) is 3.79. The predicted octanol–water partition coefficient (Wildman–Crippen LogP) is 3.82. The third-order valence-corrected chi connectivity index (χ3v) is 4.19. The lowest BCUT2D eigenvalue weighted by atomic mass is 9.91. The maximum Gasteiger partial charge on any atom is 0.0977 e. The van der Waals surface area contributed by atoms with Crippen molar-refractivity contribution in [3.8, 4) is 0 Å². The number of benzene rings is 2. The van der Waals surface area contributed by atoms with Crippen LogP contribution in [0.15, 0.2) is 48.5 Å². The molecule has 21 heavy (non-hydrogen) atoms. The molecule has 0 amide bonds. The highest BCUT2D eigenvalue weighted by Gasteiger charge is 2.22. The lowest BCUT2D eigenvalue weighted by Crippen LogP contribution is -2.35. The number of likely N-dealkylation sites (N-methyl/N-ethyl adjacent to an activating group) is 1. The van der Waals surface area contributed by atoms with E-state index >= 15 is 0 Å². The Balaban J connectivity index is 2.26. The molecule has 0 aromatic heterocycles. The van der Waals surface area contributed by atoms with Crippen LogP contribution >= 0.6 is 0 Å². The molecule has 2 aromatic rings. The molecule has 0 radical (unpaired) electrons. The van der Waals surface area contributed by atoms with Gasteiger partial charge >= 0.3 is 0 Å². The second kappa shape index (κ2) is 7.39. The zero-order chi connectivity index (χ0) is 15.2. The highest BCUT2D eigenvalue weighted by Crippen LogP contribution is 2.25. The molecule has 1 N–H and O–H groups in total. The van der Waals surface area contributed by atoms with E-state index in [4.69, 9.17) is 4.74 Å². The van der Waals surface area contributed by atoms with Crippen LogP contribution in [0.5, 0.6) is 0 Å². The van der Waals surface area contributed by atoms with Crippen molar-refractivity contribution in [1.29, 1.82) is 0 Å². The molecule has 2 nitrogen and oxygen atoms in total. The van der Waals surface area contributed by atoms with Crippen molar-refractivity contribution in [3.63, 3.8) is 0 Å². The van der Waals surface area contributed by atoms with E-state index in [2.05, 4.69) is 61.6 Å². The molecule has 0 fully saturated rings. The van der Waals surface area contributed by atoms with Crippen molar-refractivity contribution in [3.05, 3.63) is 70.8 Å². The highest BCUT2D eigenvalue weighted by atomic mass is 16.5. The van der Waals surface area contributed by atoms with Crippen LogP contribution < -0.4 is 5.32 Å². The number of aryl methyl sites for hydroxylation is 2. The van der Waals surface area contributed by atoms with Gasteiger partial charge in [-0.05, 0) is 49.6 Å². The van der Waals surface area contributed by atoms with E-state index in [1.54, 1.807) is 7.11 Å². The molecule has 0 aliphatic carbocycles. The van der Waals surface area contributed by atoms with Gasteiger partial charge in [0.2, 0.25) is 0 Å².